The molecule has 0 atom stereocenters. The largest absolute Gasteiger partial charge is 0.350 e. The lowest BCUT2D eigenvalue weighted by atomic mass is 10.2. The first kappa shape index (κ1) is 15.6. The first-order chi connectivity index (χ1) is 10.6. The van der Waals surface area contributed by atoms with Crippen molar-refractivity contribution in [1.82, 2.24) is 10.3 Å². The van der Waals surface area contributed by atoms with Crippen molar-refractivity contribution in [1.29, 1.82) is 0 Å². The molecule has 2 N–H and O–H groups in total. The molecule has 6 heteroatoms. The molecule has 0 radical (unpaired) electrons. The minimum atomic E-state index is -0.425. The van der Waals surface area contributed by atoms with E-state index < -0.39 is 5.82 Å². The maximum atomic E-state index is 13.0. The monoisotopic (exact) mass is 301 g/mol. The van der Waals surface area contributed by atoms with Gasteiger partial charge in [-0.15, -0.1) is 0 Å². The van der Waals surface area contributed by atoms with Gasteiger partial charge in [-0.2, -0.15) is 0 Å². The second kappa shape index (κ2) is 7.87. The van der Waals surface area contributed by atoms with Gasteiger partial charge in [0.25, 0.3) is 0 Å². The number of nitrogens with zero attached hydrogens (tertiary/aromatic N) is 1. The third-order valence-corrected chi connectivity index (χ3v) is 2.88. The highest BCUT2D eigenvalue weighted by Gasteiger charge is 2.07. The molecule has 0 aliphatic heterocycles. The Bertz CT molecular complexity index is 647. The van der Waals surface area contributed by atoms with Crippen molar-refractivity contribution >= 4 is 17.5 Å². The molecule has 1 aromatic carbocycles. The van der Waals surface area contributed by atoms with Crippen molar-refractivity contribution in [3.8, 4) is 0 Å². The summed E-state index contributed by atoms with van der Waals surface area (Å²) >= 11 is 0. The van der Waals surface area contributed by atoms with E-state index in [2.05, 4.69) is 15.6 Å². The quantitative estimate of drug-likeness (QED) is 0.859. The van der Waals surface area contributed by atoms with E-state index in [1.54, 1.807) is 24.4 Å². The standard InChI is InChI=1S/C16H16FN3O2/c17-12-4-3-6-13(10-12)20-16(22)8-7-15(21)19-11-14-5-1-2-9-18-14/h1-6,9-10H,7-8,11H2,(H,19,21)(H,20,22). The van der Waals surface area contributed by atoms with Crippen LogP contribution in [0.3, 0.4) is 0 Å². The van der Waals surface area contributed by atoms with E-state index in [4.69, 9.17) is 0 Å². The Morgan fingerprint density at radius 3 is 2.59 bits per heavy atom. The number of carbonyl (C=O) groups is 2. The van der Waals surface area contributed by atoms with Crippen LogP contribution in [0.15, 0.2) is 48.7 Å². The van der Waals surface area contributed by atoms with Gasteiger partial charge in [0, 0.05) is 24.7 Å². The third kappa shape index (κ3) is 5.32. The minimum absolute atomic E-state index is 0.0323. The van der Waals surface area contributed by atoms with Crippen molar-refractivity contribution in [3.63, 3.8) is 0 Å². The normalized spacial score (nSPS) is 10.0. The molecule has 22 heavy (non-hydrogen) atoms. The number of pyridine rings is 1. The van der Waals surface area contributed by atoms with E-state index in [9.17, 15) is 14.0 Å². The van der Waals surface area contributed by atoms with Gasteiger partial charge in [0.2, 0.25) is 11.8 Å². The summed E-state index contributed by atoms with van der Waals surface area (Å²) in [5, 5.41) is 5.23. The fourth-order valence-corrected chi connectivity index (χ4v) is 1.80. The number of amides is 2. The van der Waals surface area contributed by atoms with Gasteiger partial charge in [-0.3, -0.25) is 14.6 Å². The van der Waals surface area contributed by atoms with E-state index in [0.29, 0.717) is 12.2 Å². The average molecular weight is 301 g/mol. The van der Waals surface area contributed by atoms with Crippen molar-refractivity contribution < 1.29 is 14.0 Å². The number of hydrogen-bond acceptors (Lipinski definition) is 3. The fourth-order valence-electron chi connectivity index (χ4n) is 1.80. The van der Waals surface area contributed by atoms with Crippen LogP contribution in [-0.2, 0) is 16.1 Å². The molecule has 2 amide bonds. The van der Waals surface area contributed by atoms with Crippen LogP contribution in [0.5, 0.6) is 0 Å². The lowest BCUT2D eigenvalue weighted by molar-refractivity contribution is -0.124. The van der Waals surface area contributed by atoms with Crippen LogP contribution in [0, 0.1) is 5.82 Å². The Hall–Kier alpha value is -2.76. The Balaban J connectivity index is 1.70. The highest BCUT2D eigenvalue weighted by atomic mass is 19.1. The topological polar surface area (TPSA) is 71.1 Å². The molecule has 1 heterocycles. The summed E-state index contributed by atoms with van der Waals surface area (Å²) in [4.78, 5) is 27.4. The van der Waals surface area contributed by atoms with Crippen LogP contribution in [0.25, 0.3) is 0 Å². The summed E-state index contributed by atoms with van der Waals surface area (Å²) in [5.74, 6) is -0.996. The van der Waals surface area contributed by atoms with Crippen molar-refractivity contribution in [2.24, 2.45) is 0 Å². The van der Waals surface area contributed by atoms with E-state index >= 15 is 0 Å². The van der Waals surface area contributed by atoms with Gasteiger partial charge in [0.1, 0.15) is 5.82 Å². The van der Waals surface area contributed by atoms with Crippen LogP contribution >= 0.6 is 0 Å². The SMILES string of the molecule is O=C(CCC(=O)Nc1cccc(F)c1)NCc1ccccn1. The molecule has 0 saturated heterocycles. The van der Waals surface area contributed by atoms with Crippen LogP contribution in [0.4, 0.5) is 10.1 Å². The Morgan fingerprint density at radius 2 is 1.86 bits per heavy atom. The molecule has 2 rings (SSSR count). The van der Waals surface area contributed by atoms with Crippen molar-refractivity contribution in [2.75, 3.05) is 5.32 Å². The molecule has 0 fully saturated rings. The zero-order valence-electron chi connectivity index (χ0n) is 11.9. The number of nitrogens with one attached hydrogen (secondary N) is 2. The number of anilines is 1. The van der Waals surface area contributed by atoms with Crippen LogP contribution in [0.1, 0.15) is 18.5 Å². The molecule has 114 valence electrons. The zero-order chi connectivity index (χ0) is 15.8. The van der Waals surface area contributed by atoms with E-state index in [-0.39, 0.29) is 24.7 Å². The number of aromatic nitrogens is 1. The summed E-state index contributed by atoms with van der Waals surface area (Å²) < 4.78 is 13.0. The van der Waals surface area contributed by atoms with Crippen LogP contribution in [0.2, 0.25) is 0 Å². The number of benzene rings is 1. The van der Waals surface area contributed by atoms with Crippen LogP contribution in [-0.4, -0.2) is 16.8 Å². The molecular formula is C16H16FN3O2. The highest BCUT2D eigenvalue weighted by molar-refractivity contribution is 5.93. The lowest BCUT2D eigenvalue weighted by Gasteiger charge is -2.06. The minimum Gasteiger partial charge on any atom is -0.350 e. The van der Waals surface area contributed by atoms with E-state index in [1.165, 1.54) is 18.2 Å². The number of hydrogen-bond donors (Lipinski definition) is 2. The fraction of sp³-hybridized carbons (Fsp3) is 0.188. The first-order valence-corrected chi connectivity index (χ1v) is 6.85. The smallest absolute Gasteiger partial charge is 0.224 e. The van der Waals surface area contributed by atoms with E-state index in [0.717, 1.165) is 5.69 Å². The van der Waals surface area contributed by atoms with Crippen LogP contribution < -0.4 is 10.6 Å². The number of carbonyl (C=O) groups excluding carboxylic acids is 2. The second-order valence-electron chi connectivity index (χ2n) is 4.66. The molecule has 0 saturated carbocycles. The molecule has 5 nitrogen and oxygen atoms in total. The third-order valence-electron chi connectivity index (χ3n) is 2.88. The molecule has 0 aliphatic carbocycles. The molecule has 0 unspecified atom stereocenters. The highest BCUT2D eigenvalue weighted by Crippen LogP contribution is 2.09. The molecule has 0 spiro atoms. The Kier molecular flexibility index (Phi) is 5.59. The van der Waals surface area contributed by atoms with Gasteiger partial charge in [-0.05, 0) is 30.3 Å². The van der Waals surface area contributed by atoms with Gasteiger partial charge < -0.3 is 10.6 Å². The van der Waals surface area contributed by atoms with Gasteiger partial charge in [0.05, 0.1) is 12.2 Å². The molecule has 2 aromatic rings. The Morgan fingerprint density at radius 1 is 1.05 bits per heavy atom. The van der Waals surface area contributed by atoms with Gasteiger partial charge in [-0.1, -0.05) is 12.1 Å². The summed E-state index contributed by atoms with van der Waals surface area (Å²) in [7, 11) is 0. The molecule has 1 aromatic heterocycles. The summed E-state index contributed by atoms with van der Waals surface area (Å²) in [6.45, 7) is 0.325. The van der Waals surface area contributed by atoms with Crippen molar-refractivity contribution in [3.05, 3.63) is 60.2 Å². The second-order valence-corrected chi connectivity index (χ2v) is 4.66. The predicted octanol–water partition coefficient (Wildman–Crippen LogP) is 2.26. The maximum Gasteiger partial charge on any atom is 0.224 e. The van der Waals surface area contributed by atoms with E-state index in [1.807, 2.05) is 6.07 Å². The molecule has 0 bridgehead atoms. The predicted molar refractivity (Wildman–Crippen MR) is 80.3 cm³/mol. The van der Waals surface area contributed by atoms with Gasteiger partial charge in [0.15, 0.2) is 0 Å². The Labute approximate surface area is 127 Å². The number of halogens is 1. The molecular weight excluding hydrogens is 285 g/mol. The molecule has 0 aliphatic rings. The maximum absolute atomic E-state index is 13.0. The average Bonchev–Trinajstić information content (AvgIpc) is 2.52. The van der Waals surface area contributed by atoms with Crippen molar-refractivity contribution in [2.45, 2.75) is 19.4 Å². The van der Waals surface area contributed by atoms with Gasteiger partial charge in [-0.25, -0.2) is 4.39 Å². The lowest BCUT2D eigenvalue weighted by Crippen LogP contribution is -2.24. The summed E-state index contributed by atoms with van der Waals surface area (Å²) in [6.07, 6.45) is 1.74. The summed E-state index contributed by atoms with van der Waals surface area (Å²) in [6, 6.07) is 11.0. The zero-order valence-corrected chi connectivity index (χ0v) is 11.9. The summed E-state index contributed by atoms with van der Waals surface area (Å²) in [5.41, 5.74) is 1.12. The first-order valence-electron chi connectivity index (χ1n) is 6.85. The number of rotatable bonds is 6. The van der Waals surface area contributed by atoms with Gasteiger partial charge >= 0.3 is 0 Å².